The fourth-order valence-electron chi connectivity index (χ4n) is 7.00. The Hall–Kier alpha value is -4.31. The van der Waals surface area contributed by atoms with Gasteiger partial charge >= 0.3 is 5.69 Å². The van der Waals surface area contributed by atoms with Crippen LogP contribution in [-0.4, -0.2) is 25.8 Å². The molecule has 0 bridgehead atoms. The van der Waals surface area contributed by atoms with Crippen molar-refractivity contribution < 1.29 is 9.59 Å². The number of rotatable bonds is 1. The first kappa shape index (κ1) is 25.6. The monoisotopic (exact) mass is 567 g/mol. The number of para-hydroxylation sites is 1. The van der Waals surface area contributed by atoms with Gasteiger partial charge in [0.25, 0.3) is 5.56 Å². The zero-order valence-corrected chi connectivity index (χ0v) is 24.5. The van der Waals surface area contributed by atoms with Crippen LogP contribution >= 0.6 is 11.3 Å². The summed E-state index contributed by atoms with van der Waals surface area (Å²) in [5.74, 6) is -0.392. The third-order valence-corrected chi connectivity index (χ3v) is 9.83. The van der Waals surface area contributed by atoms with Gasteiger partial charge in [0.05, 0.1) is 15.8 Å². The van der Waals surface area contributed by atoms with Crippen molar-refractivity contribution in [2.24, 2.45) is 19.5 Å². The number of hydrogen-bond acceptors (Lipinski definition) is 7. The Morgan fingerprint density at radius 2 is 1.71 bits per heavy atom. The lowest BCUT2D eigenvalue weighted by molar-refractivity contribution is -0.123. The number of ketones is 1. The molecule has 1 amide bonds. The second kappa shape index (κ2) is 8.13. The van der Waals surface area contributed by atoms with E-state index in [1.165, 1.54) is 23.0 Å². The molecule has 9 nitrogen and oxygen atoms in total. The molecule has 3 aliphatic rings. The Balaban J connectivity index is 1.70. The molecule has 1 aliphatic carbocycles. The lowest BCUT2D eigenvalue weighted by Gasteiger charge is -2.47. The van der Waals surface area contributed by atoms with E-state index < -0.39 is 28.0 Å². The van der Waals surface area contributed by atoms with Gasteiger partial charge in [-0.2, -0.15) is 0 Å². The third kappa shape index (κ3) is 3.19. The Morgan fingerprint density at radius 3 is 2.46 bits per heavy atom. The molecule has 2 aliphatic heterocycles. The number of allylic oxidation sites excluding steroid dienone is 1. The molecule has 7 rings (SSSR count). The van der Waals surface area contributed by atoms with Gasteiger partial charge in [-0.3, -0.25) is 28.4 Å². The van der Waals surface area contributed by atoms with E-state index in [0.29, 0.717) is 28.5 Å². The van der Waals surface area contributed by atoms with Crippen LogP contribution in [0.2, 0.25) is 0 Å². The van der Waals surface area contributed by atoms with Crippen molar-refractivity contribution in [3.05, 3.63) is 90.8 Å². The second-order valence-corrected chi connectivity index (χ2v) is 13.2. The van der Waals surface area contributed by atoms with E-state index >= 15 is 0 Å². The minimum absolute atomic E-state index is 0.0866. The van der Waals surface area contributed by atoms with Gasteiger partial charge < -0.3 is 5.32 Å². The lowest BCUT2D eigenvalue weighted by Crippen LogP contribution is -2.56. The number of benzene rings is 2. The molecule has 1 unspecified atom stereocenters. The van der Waals surface area contributed by atoms with Crippen molar-refractivity contribution in [3.63, 3.8) is 0 Å². The van der Waals surface area contributed by atoms with Crippen LogP contribution in [0.15, 0.2) is 57.3 Å². The summed E-state index contributed by atoms with van der Waals surface area (Å²) in [7, 11) is 3.01. The van der Waals surface area contributed by atoms with Crippen molar-refractivity contribution in [2.45, 2.75) is 46.0 Å². The first-order valence-corrected chi connectivity index (χ1v) is 14.3. The summed E-state index contributed by atoms with van der Waals surface area (Å²) in [5, 5.41) is 3.49. The van der Waals surface area contributed by atoms with Crippen molar-refractivity contribution >= 4 is 49.9 Å². The van der Waals surface area contributed by atoms with Crippen LogP contribution in [0.3, 0.4) is 0 Å². The number of nitrogens with one attached hydrogen (secondary N) is 1. The van der Waals surface area contributed by atoms with E-state index in [-0.39, 0.29) is 29.2 Å². The predicted molar refractivity (Wildman–Crippen MR) is 159 cm³/mol. The van der Waals surface area contributed by atoms with E-state index in [1.54, 1.807) is 31.3 Å². The van der Waals surface area contributed by atoms with Gasteiger partial charge in [-0.15, -0.1) is 0 Å². The molecule has 0 saturated carbocycles. The summed E-state index contributed by atoms with van der Waals surface area (Å²) in [4.78, 5) is 63.1. The number of aryl methyl sites for hydroxylation is 2. The predicted octanol–water partition coefficient (Wildman–Crippen LogP) is 4.34. The van der Waals surface area contributed by atoms with Crippen molar-refractivity contribution in [1.82, 2.24) is 14.1 Å². The van der Waals surface area contributed by atoms with Crippen LogP contribution in [0.5, 0.6) is 0 Å². The Kier molecular flexibility index (Phi) is 5.08. The Labute approximate surface area is 239 Å². The molecular weight excluding hydrogens is 538 g/mol. The molecule has 0 saturated heterocycles. The molecular formula is C31H29N5O4S. The summed E-state index contributed by atoms with van der Waals surface area (Å²) in [5.41, 5.74) is 1.72. The largest absolute Gasteiger partial charge is 0.332 e. The smallest absolute Gasteiger partial charge is 0.324 e. The average molecular weight is 568 g/mol. The minimum atomic E-state index is -1.70. The highest BCUT2D eigenvalue weighted by Crippen LogP contribution is 2.59. The maximum Gasteiger partial charge on any atom is 0.332 e. The zero-order chi connectivity index (χ0) is 29.2. The summed E-state index contributed by atoms with van der Waals surface area (Å²) in [6.07, 6.45) is 0.665. The highest BCUT2D eigenvalue weighted by atomic mass is 32.1. The Bertz CT molecular complexity index is 2050. The van der Waals surface area contributed by atoms with Crippen molar-refractivity contribution in [2.75, 3.05) is 10.2 Å². The van der Waals surface area contributed by atoms with Crippen LogP contribution in [0, 0.1) is 19.3 Å². The minimum Gasteiger partial charge on any atom is -0.324 e. The number of nitrogens with zero attached hydrogens (tertiary/aromatic N) is 4. The van der Waals surface area contributed by atoms with Crippen LogP contribution in [0.1, 0.15) is 48.9 Å². The SMILES string of the molecule is Cc1cc(C)c2sc(N3C4=C(C(=O)CC(C)(C)C4)C4(C(=O)Nc5ccccc54)c4c3n(C)c(=O)n(C)c4=O)nc2c1. The number of aromatic nitrogens is 3. The van der Waals surface area contributed by atoms with Crippen molar-refractivity contribution in [1.29, 1.82) is 0 Å². The van der Waals surface area contributed by atoms with Crippen molar-refractivity contribution in [3.8, 4) is 0 Å². The topological polar surface area (TPSA) is 106 Å². The maximum absolute atomic E-state index is 14.3. The molecule has 2 aromatic heterocycles. The number of hydrogen-bond donors (Lipinski definition) is 1. The molecule has 4 heterocycles. The summed E-state index contributed by atoms with van der Waals surface area (Å²) in [6.45, 7) is 8.08. The molecule has 10 heteroatoms. The van der Waals surface area contributed by atoms with Gasteiger partial charge in [-0.05, 0) is 48.9 Å². The molecule has 4 aromatic rings. The summed E-state index contributed by atoms with van der Waals surface area (Å²) < 4.78 is 3.41. The quantitative estimate of drug-likeness (QED) is 0.367. The van der Waals surface area contributed by atoms with Gasteiger partial charge in [0.1, 0.15) is 11.2 Å². The summed E-state index contributed by atoms with van der Waals surface area (Å²) in [6, 6.07) is 11.3. The molecule has 208 valence electrons. The fourth-order valence-corrected chi connectivity index (χ4v) is 8.04. The Morgan fingerprint density at radius 1 is 0.976 bits per heavy atom. The lowest BCUT2D eigenvalue weighted by atomic mass is 9.61. The van der Waals surface area contributed by atoms with Gasteiger partial charge in [0.2, 0.25) is 5.91 Å². The molecule has 2 aromatic carbocycles. The van der Waals surface area contributed by atoms with Crippen LogP contribution < -0.4 is 21.5 Å². The van der Waals surface area contributed by atoms with Crippen LogP contribution in [0.25, 0.3) is 10.2 Å². The maximum atomic E-state index is 14.3. The standard InChI is InChI=1S/C31H29N5O4S/c1-15-11-16(2)24-19(12-15)33-28(41-24)36-20-13-30(3,4)14-21(37)22(20)31(17-9-7-8-10-18(17)32-27(31)39)23-25(36)34(5)29(40)35(6)26(23)38/h7-12H,13-14H2,1-6H3,(H,32,39). The number of carbonyl (C=O) groups is 2. The van der Waals surface area contributed by atoms with Crippen LogP contribution in [0.4, 0.5) is 16.6 Å². The zero-order valence-electron chi connectivity index (χ0n) is 23.7. The molecule has 0 fully saturated rings. The number of anilines is 3. The second-order valence-electron chi connectivity index (χ2n) is 12.2. The molecule has 1 atom stereocenters. The number of carbonyl (C=O) groups excluding carboxylic acids is 2. The van der Waals surface area contributed by atoms with E-state index in [9.17, 15) is 19.2 Å². The highest BCUT2D eigenvalue weighted by molar-refractivity contribution is 7.22. The van der Waals surface area contributed by atoms with Gasteiger partial charge in [0, 0.05) is 43.0 Å². The van der Waals surface area contributed by atoms with Crippen LogP contribution in [-0.2, 0) is 29.1 Å². The number of thiazole rings is 1. The molecule has 41 heavy (non-hydrogen) atoms. The van der Waals surface area contributed by atoms with E-state index in [1.807, 2.05) is 38.7 Å². The fraction of sp³-hybridized carbons (Fsp3) is 0.323. The normalized spacial score (nSPS) is 20.9. The van der Waals surface area contributed by atoms with E-state index in [4.69, 9.17) is 4.98 Å². The summed E-state index contributed by atoms with van der Waals surface area (Å²) >= 11 is 1.45. The molecule has 1 spiro atoms. The number of fused-ring (bicyclic) bond motifs is 6. The first-order chi connectivity index (χ1) is 19.4. The van der Waals surface area contributed by atoms with Gasteiger partial charge in [0.15, 0.2) is 10.9 Å². The molecule has 1 N–H and O–H groups in total. The van der Waals surface area contributed by atoms with Gasteiger partial charge in [-0.25, -0.2) is 9.78 Å². The highest BCUT2D eigenvalue weighted by Gasteiger charge is 2.62. The third-order valence-electron chi connectivity index (χ3n) is 8.64. The molecule has 0 radical (unpaired) electrons. The number of Topliss-reactive ketones (excluding diaryl/α,β-unsaturated/α-hetero) is 1. The van der Waals surface area contributed by atoms with E-state index in [0.717, 1.165) is 25.9 Å². The van der Waals surface area contributed by atoms with Gasteiger partial charge in [-0.1, -0.05) is 49.4 Å². The number of amides is 1. The average Bonchev–Trinajstić information content (AvgIpc) is 3.44. The first-order valence-electron chi connectivity index (χ1n) is 13.5. The van der Waals surface area contributed by atoms with E-state index in [2.05, 4.69) is 11.4 Å².